The molecule has 2 N–H and O–H groups in total. The van der Waals surface area contributed by atoms with Crippen molar-refractivity contribution in [1.29, 1.82) is 0 Å². The molecule has 0 saturated carbocycles. The quantitative estimate of drug-likeness (QED) is 0.723. The van der Waals surface area contributed by atoms with Crippen molar-refractivity contribution in [3.05, 3.63) is 59.7 Å². The van der Waals surface area contributed by atoms with Crippen molar-refractivity contribution in [3.63, 3.8) is 0 Å². The lowest BCUT2D eigenvalue weighted by Crippen LogP contribution is -3.14. The Kier molecular flexibility index (Phi) is 7.28. The van der Waals surface area contributed by atoms with Crippen LogP contribution in [0.5, 0.6) is 11.5 Å². The molecule has 1 heterocycles. The van der Waals surface area contributed by atoms with Gasteiger partial charge in [-0.05, 0) is 30.7 Å². The summed E-state index contributed by atoms with van der Waals surface area (Å²) in [4.78, 5) is 14.4. The topological polar surface area (TPSA) is 61.2 Å². The summed E-state index contributed by atoms with van der Waals surface area (Å²) in [5, 5.41) is 3.20. The Morgan fingerprint density at radius 3 is 2.57 bits per heavy atom. The summed E-state index contributed by atoms with van der Waals surface area (Å²) in [5.41, 5.74) is 1.66. The number of quaternary nitrogens is 1. The number of carbonyl (C=O) groups excluding carboxylic acids is 1. The van der Waals surface area contributed by atoms with Crippen LogP contribution in [0.25, 0.3) is 0 Å². The molecule has 0 unspecified atom stereocenters. The van der Waals surface area contributed by atoms with Gasteiger partial charge >= 0.3 is 0 Å². The molecule has 6 heteroatoms. The van der Waals surface area contributed by atoms with Crippen LogP contribution in [0.2, 0.25) is 0 Å². The Morgan fingerprint density at radius 2 is 1.89 bits per heavy atom. The van der Waals surface area contributed by atoms with Gasteiger partial charge in [-0.25, -0.2) is 0 Å². The van der Waals surface area contributed by atoms with Crippen LogP contribution in [0, 0.1) is 0 Å². The minimum absolute atomic E-state index is 0.0700. The molecule has 1 atom stereocenters. The number of carbonyl (C=O) groups is 1. The minimum Gasteiger partial charge on any atom is -0.493 e. The molecule has 1 saturated heterocycles. The third kappa shape index (κ3) is 5.24. The second-order valence-electron chi connectivity index (χ2n) is 6.80. The molecule has 2 aromatic rings. The maximum Gasteiger partial charge on any atom is 0.252 e. The van der Waals surface area contributed by atoms with Crippen LogP contribution in [-0.4, -0.2) is 52.5 Å². The zero-order valence-electron chi connectivity index (χ0n) is 16.6. The molecule has 0 aliphatic carbocycles. The SMILES string of the molecule is CCOc1ccc(C(=O)N[C@@H](C[NH+]2CCOCC2)c2ccccc2)cc1OC. The molecule has 28 heavy (non-hydrogen) atoms. The summed E-state index contributed by atoms with van der Waals surface area (Å²) in [6.45, 7) is 6.72. The van der Waals surface area contributed by atoms with E-state index in [4.69, 9.17) is 14.2 Å². The molecule has 1 aliphatic rings. The molecule has 150 valence electrons. The highest BCUT2D eigenvalue weighted by atomic mass is 16.5. The fourth-order valence-corrected chi connectivity index (χ4v) is 3.42. The zero-order chi connectivity index (χ0) is 19.8. The first kappa shape index (κ1) is 20.2. The molecule has 0 bridgehead atoms. The monoisotopic (exact) mass is 385 g/mol. The van der Waals surface area contributed by atoms with Crippen molar-refractivity contribution in [2.24, 2.45) is 0 Å². The summed E-state index contributed by atoms with van der Waals surface area (Å²) in [6.07, 6.45) is 0. The van der Waals surface area contributed by atoms with Crippen molar-refractivity contribution in [2.45, 2.75) is 13.0 Å². The molecule has 1 aliphatic heterocycles. The van der Waals surface area contributed by atoms with Crippen molar-refractivity contribution in [3.8, 4) is 11.5 Å². The van der Waals surface area contributed by atoms with Gasteiger partial charge in [-0.2, -0.15) is 0 Å². The second kappa shape index (κ2) is 10.1. The number of benzene rings is 2. The van der Waals surface area contributed by atoms with E-state index >= 15 is 0 Å². The number of nitrogens with one attached hydrogen (secondary N) is 2. The van der Waals surface area contributed by atoms with Crippen LogP contribution in [-0.2, 0) is 4.74 Å². The van der Waals surface area contributed by atoms with Crippen molar-refractivity contribution in [1.82, 2.24) is 5.32 Å². The number of ether oxygens (including phenoxy) is 3. The second-order valence-corrected chi connectivity index (χ2v) is 6.80. The highest BCUT2D eigenvalue weighted by Gasteiger charge is 2.23. The van der Waals surface area contributed by atoms with Crippen LogP contribution in [0.4, 0.5) is 0 Å². The first-order chi connectivity index (χ1) is 13.7. The van der Waals surface area contributed by atoms with E-state index in [2.05, 4.69) is 17.4 Å². The number of morpholine rings is 1. The third-order valence-electron chi connectivity index (χ3n) is 4.93. The molecule has 2 aromatic carbocycles. The lowest BCUT2D eigenvalue weighted by molar-refractivity contribution is -0.909. The summed E-state index contributed by atoms with van der Waals surface area (Å²) in [6, 6.07) is 15.3. The van der Waals surface area contributed by atoms with E-state index in [-0.39, 0.29) is 11.9 Å². The molecule has 0 aromatic heterocycles. The Balaban J connectivity index is 1.76. The largest absolute Gasteiger partial charge is 0.493 e. The predicted octanol–water partition coefficient (Wildman–Crippen LogP) is 1.48. The van der Waals surface area contributed by atoms with E-state index in [1.54, 1.807) is 25.3 Å². The van der Waals surface area contributed by atoms with Crippen LogP contribution in [0.3, 0.4) is 0 Å². The summed E-state index contributed by atoms with van der Waals surface area (Å²) >= 11 is 0. The number of hydrogen-bond donors (Lipinski definition) is 2. The lowest BCUT2D eigenvalue weighted by Gasteiger charge is -2.28. The Bertz CT molecular complexity index is 760. The molecule has 1 amide bonds. The minimum atomic E-state index is -0.122. The van der Waals surface area contributed by atoms with Gasteiger partial charge in [0, 0.05) is 5.56 Å². The summed E-state index contributed by atoms with van der Waals surface area (Å²) in [7, 11) is 1.58. The van der Waals surface area contributed by atoms with Crippen molar-refractivity contribution >= 4 is 5.91 Å². The van der Waals surface area contributed by atoms with E-state index < -0.39 is 0 Å². The summed E-state index contributed by atoms with van der Waals surface area (Å²) < 4.78 is 16.4. The van der Waals surface area contributed by atoms with Gasteiger partial charge in [0.2, 0.25) is 0 Å². The standard InChI is InChI=1S/C22H28N2O4/c1-3-28-20-10-9-18(15-21(20)26-2)22(25)23-19(17-7-5-4-6-8-17)16-24-11-13-27-14-12-24/h4-10,15,19H,3,11-14,16H2,1-2H3,(H,23,25)/p+1/t19-/m0/s1. The van der Waals surface area contributed by atoms with Gasteiger partial charge < -0.3 is 24.4 Å². The number of hydrogen-bond acceptors (Lipinski definition) is 4. The highest BCUT2D eigenvalue weighted by Crippen LogP contribution is 2.28. The normalized spacial score (nSPS) is 15.6. The average molecular weight is 385 g/mol. The molecule has 3 rings (SSSR count). The maximum absolute atomic E-state index is 13.0. The van der Waals surface area contributed by atoms with E-state index in [1.165, 1.54) is 4.90 Å². The Hall–Kier alpha value is -2.57. The van der Waals surface area contributed by atoms with Crippen LogP contribution >= 0.6 is 0 Å². The molecule has 0 spiro atoms. The van der Waals surface area contributed by atoms with E-state index in [9.17, 15) is 4.79 Å². The third-order valence-corrected chi connectivity index (χ3v) is 4.93. The maximum atomic E-state index is 13.0. The predicted molar refractivity (Wildman–Crippen MR) is 107 cm³/mol. The first-order valence-corrected chi connectivity index (χ1v) is 9.79. The summed E-state index contributed by atoms with van der Waals surface area (Å²) in [5.74, 6) is 1.08. The van der Waals surface area contributed by atoms with Gasteiger partial charge in [-0.15, -0.1) is 0 Å². The Morgan fingerprint density at radius 1 is 1.14 bits per heavy atom. The average Bonchev–Trinajstić information content (AvgIpc) is 2.75. The molecule has 6 nitrogen and oxygen atoms in total. The number of methoxy groups -OCH3 is 1. The van der Waals surface area contributed by atoms with Crippen molar-refractivity contribution < 1.29 is 23.9 Å². The van der Waals surface area contributed by atoms with Crippen LogP contribution in [0.15, 0.2) is 48.5 Å². The fraction of sp³-hybridized carbons (Fsp3) is 0.409. The molecular formula is C22H29N2O4+. The van der Waals surface area contributed by atoms with Gasteiger partial charge in [0.1, 0.15) is 25.7 Å². The van der Waals surface area contributed by atoms with E-state index in [0.29, 0.717) is 23.7 Å². The molecule has 1 fully saturated rings. The van der Waals surface area contributed by atoms with Gasteiger partial charge in [0.25, 0.3) is 5.91 Å². The lowest BCUT2D eigenvalue weighted by atomic mass is 10.0. The van der Waals surface area contributed by atoms with Gasteiger partial charge in [-0.1, -0.05) is 30.3 Å². The van der Waals surface area contributed by atoms with Crippen molar-refractivity contribution in [2.75, 3.05) is 46.6 Å². The first-order valence-electron chi connectivity index (χ1n) is 9.79. The van der Waals surface area contributed by atoms with Gasteiger partial charge in [-0.3, -0.25) is 4.79 Å². The van der Waals surface area contributed by atoms with E-state index in [0.717, 1.165) is 38.4 Å². The van der Waals surface area contributed by atoms with Gasteiger partial charge in [0.15, 0.2) is 11.5 Å². The Labute approximate surface area is 166 Å². The highest BCUT2D eigenvalue weighted by molar-refractivity contribution is 5.95. The number of amides is 1. The fourth-order valence-electron chi connectivity index (χ4n) is 3.42. The van der Waals surface area contributed by atoms with Crippen LogP contribution in [0.1, 0.15) is 28.9 Å². The molecular weight excluding hydrogens is 356 g/mol. The van der Waals surface area contributed by atoms with Crippen LogP contribution < -0.4 is 19.7 Å². The number of rotatable bonds is 8. The van der Waals surface area contributed by atoms with E-state index in [1.807, 2.05) is 25.1 Å². The molecule has 0 radical (unpaired) electrons. The smallest absolute Gasteiger partial charge is 0.252 e. The zero-order valence-corrected chi connectivity index (χ0v) is 16.6. The van der Waals surface area contributed by atoms with Gasteiger partial charge in [0.05, 0.1) is 26.9 Å².